The monoisotopic (exact) mass is 519 g/mol. The second kappa shape index (κ2) is 11.6. The maximum Gasteiger partial charge on any atom is 0.191 e. The van der Waals surface area contributed by atoms with Gasteiger partial charge in [0.1, 0.15) is 5.75 Å². The van der Waals surface area contributed by atoms with E-state index in [0.717, 1.165) is 46.5 Å². The molecule has 0 radical (unpaired) electrons. The normalized spacial score (nSPS) is 11.0. The van der Waals surface area contributed by atoms with Crippen molar-refractivity contribution in [3.63, 3.8) is 0 Å². The van der Waals surface area contributed by atoms with Gasteiger partial charge in [-0.2, -0.15) is 5.10 Å². The number of aliphatic imine (C=N–C) groups is 1. The quantitative estimate of drug-likeness (QED) is 0.277. The number of nitrogens with one attached hydrogen (secondary N) is 2. The molecule has 0 unspecified atom stereocenters. The van der Waals surface area contributed by atoms with Crippen molar-refractivity contribution in [2.75, 3.05) is 13.7 Å². The molecule has 0 fully saturated rings. The first-order valence-corrected chi connectivity index (χ1v) is 9.88. The van der Waals surface area contributed by atoms with Crippen LogP contribution in [0.25, 0.3) is 5.69 Å². The minimum Gasteiger partial charge on any atom is -0.496 e. The van der Waals surface area contributed by atoms with E-state index in [0.29, 0.717) is 13.1 Å². The molecular weight excluding hydrogens is 489 g/mol. The lowest BCUT2D eigenvalue weighted by Gasteiger charge is -2.15. The van der Waals surface area contributed by atoms with Crippen molar-refractivity contribution in [2.24, 2.45) is 4.99 Å². The molecule has 0 amide bonds. The second-order valence-corrected chi connectivity index (χ2v) is 6.83. The van der Waals surface area contributed by atoms with Crippen LogP contribution in [0.2, 0.25) is 0 Å². The highest BCUT2D eigenvalue weighted by molar-refractivity contribution is 14.0. The molecule has 0 spiro atoms. The zero-order chi connectivity index (χ0) is 20.6. The van der Waals surface area contributed by atoms with Crippen LogP contribution in [0.4, 0.5) is 0 Å². The van der Waals surface area contributed by atoms with Crippen molar-refractivity contribution >= 4 is 29.9 Å². The molecule has 0 aliphatic carbocycles. The first-order valence-electron chi connectivity index (χ1n) is 9.88. The summed E-state index contributed by atoms with van der Waals surface area (Å²) in [5.41, 5.74) is 5.41. The molecule has 6 nitrogen and oxygen atoms in total. The predicted molar refractivity (Wildman–Crippen MR) is 133 cm³/mol. The van der Waals surface area contributed by atoms with Crippen LogP contribution in [0.15, 0.2) is 59.6 Å². The van der Waals surface area contributed by atoms with E-state index in [1.165, 1.54) is 0 Å². The Morgan fingerprint density at radius 2 is 1.73 bits per heavy atom. The van der Waals surface area contributed by atoms with E-state index in [9.17, 15) is 0 Å². The average molecular weight is 519 g/mol. The Morgan fingerprint density at radius 3 is 2.40 bits per heavy atom. The fourth-order valence-corrected chi connectivity index (χ4v) is 3.26. The molecule has 7 heteroatoms. The summed E-state index contributed by atoms with van der Waals surface area (Å²) in [5, 5.41) is 11.4. The van der Waals surface area contributed by atoms with E-state index >= 15 is 0 Å². The van der Waals surface area contributed by atoms with E-state index in [1.807, 2.05) is 48.0 Å². The van der Waals surface area contributed by atoms with Crippen molar-refractivity contribution in [3.05, 3.63) is 77.1 Å². The molecule has 0 aliphatic heterocycles. The van der Waals surface area contributed by atoms with Crippen LogP contribution in [-0.2, 0) is 13.1 Å². The number of halogens is 1. The van der Waals surface area contributed by atoms with Crippen molar-refractivity contribution in [1.29, 1.82) is 0 Å². The van der Waals surface area contributed by atoms with Crippen LogP contribution in [0.5, 0.6) is 5.75 Å². The molecule has 3 rings (SSSR count). The molecule has 30 heavy (non-hydrogen) atoms. The van der Waals surface area contributed by atoms with Gasteiger partial charge in [0.2, 0.25) is 0 Å². The summed E-state index contributed by atoms with van der Waals surface area (Å²) in [7, 11) is 1.68. The van der Waals surface area contributed by atoms with Crippen LogP contribution in [-0.4, -0.2) is 29.4 Å². The highest BCUT2D eigenvalue weighted by Crippen LogP contribution is 2.18. The molecule has 0 saturated carbocycles. The number of aryl methyl sites for hydroxylation is 2. The molecule has 0 bridgehead atoms. The maximum absolute atomic E-state index is 5.42. The minimum atomic E-state index is 0. The smallest absolute Gasteiger partial charge is 0.191 e. The molecule has 3 aromatic rings. The second-order valence-electron chi connectivity index (χ2n) is 6.83. The van der Waals surface area contributed by atoms with E-state index in [1.54, 1.807) is 7.11 Å². The summed E-state index contributed by atoms with van der Waals surface area (Å²) in [6, 6.07) is 18.3. The van der Waals surface area contributed by atoms with Crippen LogP contribution in [0.1, 0.15) is 29.4 Å². The van der Waals surface area contributed by atoms with Gasteiger partial charge in [-0.3, -0.25) is 0 Å². The lowest BCUT2D eigenvalue weighted by atomic mass is 10.1. The van der Waals surface area contributed by atoms with Crippen molar-refractivity contribution in [1.82, 2.24) is 20.4 Å². The summed E-state index contributed by atoms with van der Waals surface area (Å²) in [5.74, 6) is 1.61. The first kappa shape index (κ1) is 23.7. The van der Waals surface area contributed by atoms with Gasteiger partial charge in [0.25, 0.3) is 0 Å². The third-order valence-electron chi connectivity index (χ3n) is 4.62. The number of ether oxygens (including phenoxy) is 1. The predicted octanol–water partition coefficient (Wildman–Crippen LogP) is 4.37. The molecule has 0 saturated heterocycles. The summed E-state index contributed by atoms with van der Waals surface area (Å²) >= 11 is 0. The Morgan fingerprint density at radius 1 is 1.03 bits per heavy atom. The minimum absolute atomic E-state index is 0. The number of guanidine groups is 1. The molecule has 0 atom stereocenters. The van der Waals surface area contributed by atoms with Gasteiger partial charge >= 0.3 is 0 Å². The Kier molecular flexibility index (Phi) is 9.16. The third-order valence-corrected chi connectivity index (χ3v) is 4.62. The van der Waals surface area contributed by atoms with Crippen molar-refractivity contribution < 1.29 is 4.74 Å². The van der Waals surface area contributed by atoms with Gasteiger partial charge in [0, 0.05) is 24.3 Å². The van der Waals surface area contributed by atoms with Crippen LogP contribution in [0.3, 0.4) is 0 Å². The van der Waals surface area contributed by atoms with Crippen LogP contribution in [0, 0.1) is 13.8 Å². The van der Waals surface area contributed by atoms with Crippen LogP contribution < -0.4 is 15.4 Å². The number of aromatic nitrogens is 2. The summed E-state index contributed by atoms with van der Waals surface area (Å²) in [6.07, 6.45) is 0. The van der Waals surface area contributed by atoms with Gasteiger partial charge in [-0.1, -0.05) is 36.4 Å². The zero-order valence-corrected chi connectivity index (χ0v) is 20.3. The number of nitrogens with zero attached hydrogens (tertiary/aromatic N) is 3. The van der Waals surface area contributed by atoms with Gasteiger partial charge in [0.15, 0.2) is 5.96 Å². The Bertz CT molecular complexity index is 983. The Labute approximate surface area is 195 Å². The topological polar surface area (TPSA) is 63.5 Å². The molecule has 160 valence electrons. The number of hydrogen-bond donors (Lipinski definition) is 2. The lowest BCUT2D eigenvalue weighted by molar-refractivity contribution is 0.410. The highest BCUT2D eigenvalue weighted by atomic mass is 127. The van der Waals surface area contributed by atoms with E-state index in [4.69, 9.17) is 9.73 Å². The Balaban J connectivity index is 0.00000320. The SMILES string of the molecule is CCNC(=NCc1ccccc1OC)NCc1ccccc1-n1nc(C)cc1C.I. The molecular formula is C23H30IN5O. The van der Waals surface area contributed by atoms with Gasteiger partial charge in [-0.05, 0) is 44.5 Å². The summed E-state index contributed by atoms with van der Waals surface area (Å²) in [6.45, 7) is 8.12. The number of hydrogen-bond acceptors (Lipinski definition) is 3. The zero-order valence-electron chi connectivity index (χ0n) is 18.0. The van der Waals surface area contributed by atoms with Gasteiger partial charge in [0.05, 0.1) is 25.0 Å². The highest BCUT2D eigenvalue weighted by Gasteiger charge is 2.09. The van der Waals surface area contributed by atoms with Crippen molar-refractivity contribution in [3.8, 4) is 11.4 Å². The molecule has 1 aromatic heterocycles. The maximum atomic E-state index is 5.42. The first-order chi connectivity index (χ1) is 14.1. The molecule has 2 N–H and O–H groups in total. The fourth-order valence-electron chi connectivity index (χ4n) is 3.26. The number of methoxy groups -OCH3 is 1. The van der Waals surface area contributed by atoms with Crippen molar-refractivity contribution in [2.45, 2.75) is 33.9 Å². The van der Waals surface area contributed by atoms with E-state index < -0.39 is 0 Å². The van der Waals surface area contributed by atoms with Gasteiger partial charge in [-0.25, -0.2) is 9.67 Å². The van der Waals surface area contributed by atoms with Gasteiger partial charge < -0.3 is 15.4 Å². The molecule has 2 aromatic carbocycles. The molecule has 1 heterocycles. The van der Waals surface area contributed by atoms with E-state index in [2.05, 4.69) is 47.8 Å². The molecule has 0 aliphatic rings. The largest absolute Gasteiger partial charge is 0.496 e. The third kappa shape index (κ3) is 5.98. The average Bonchev–Trinajstić information content (AvgIpc) is 3.08. The summed E-state index contributed by atoms with van der Waals surface area (Å²) in [4.78, 5) is 4.72. The standard InChI is InChI=1S/C23H29N5O.HI/c1-5-24-23(26-16-20-11-7-9-13-22(20)29-4)25-15-19-10-6-8-12-21(19)28-18(3)14-17(2)27-28;/h6-14H,5,15-16H2,1-4H3,(H2,24,25,26);1H. The van der Waals surface area contributed by atoms with Gasteiger partial charge in [-0.15, -0.1) is 24.0 Å². The van der Waals surface area contributed by atoms with Crippen LogP contribution >= 0.6 is 24.0 Å². The summed E-state index contributed by atoms with van der Waals surface area (Å²) < 4.78 is 7.42. The van der Waals surface area contributed by atoms with E-state index in [-0.39, 0.29) is 24.0 Å². The number of para-hydroxylation sites is 2. The lowest BCUT2D eigenvalue weighted by Crippen LogP contribution is -2.37. The fraction of sp³-hybridized carbons (Fsp3) is 0.304. The number of benzene rings is 2. The number of rotatable bonds is 7. The Hall–Kier alpha value is -2.55.